The number of benzene rings is 4. The van der Waals surface area contributed by atoms with Gasteiger partial charge in [0, 0.05) is 17.7 Å². The van der Waals surface area contributed by atoms with E-state index in [0.717, 1.165) is 38.9 Å². The number of rotatable bonds is 5. The summed E-state index contributed by atoms with van der Waals surface area (Å²) in [5.74, 6) is 0.736. The highest BCUT2D eigenvalue weighted by molar-refractivity contribution is 5.78. The molecule has 4 nitrogen and oxygen atoms in total. The maximum atomic E-state index is 14.9. The van der Waals surface area contributed by atoms with Gasteiger partial charge < -0.3 is 8.83 Å². The maximum Gasteiger partial charge on any atom is 0.220 e. The third-order valence-electron chi connectivity index (χ3n) is 5.67. The van der Waals surface area contributed by atoms with Gasteiger partial charge in [-0.3, -0.25) is 0 Å². The van der Waals surface area contributed by atoms with E-state index >= 15 is 0 Å². The fourth-order valence-electron chi connectivity index (χ4n) is 3.90. The number of hydrogen-bond donors (Lipinski definition) is 0. The van der Waals surface area contributed by atoms with E-state index in [-0.39, 0.29) is 5.82 Å². The van der Waals surface area contributed by atoms with Crippen LogP contribution in [0.25, 0.3) is 57.6 Å². The average Bonchev–Trinajstić information content (AvgIpc) is 3.50. The van der Waals surface area contributed by atoms with Gasteiger partial charge in [-0.15, -0.1) is 0 Å². The van der Waals surface area contributed by atoms with E-state index in [9.17, 15) is 4.39 Å². The van der Waals surface area contributed by atoms with Crippen molar-refractivity contribution in [2.24, 2.45) is 0 Å². The summed E-state index contributed by atoms with van der Waals surface area (Å²) in [5.41, 5.74) is 6.13. The third kappa shape index (κ3) is 4.39. The van der Waals surface area contributed by atoms with Crippen LogP contribution in [-0.2, 0) is 0 Å². The predicted molar refractivity (Wildman–Crippen MR) is 138 cm³/mol. The highest BCUT2D eigenvalue weighted by atomic mass is 19.1. The largest absolute Gasteiger partial charge is 0.437 e. The lowest BCUT2D eigenvalue weighted by Crippen LogP contribution is -1.86. The summed E-state index contributed by atoms with van der Waals surface area (Å²) in [4.78, 5) is 8.85. The summed E-state index contributed by atoms with van der Waals surface area (Å²) in [5, 5.41) is 0. The second-order valence-corrected chi connectivity index (χ2v) is 8.07. The van der Waals surface area contributed by atoms with Crippen molar-refractivity contribution in [3.63, 3.8) is 0 Å². The van der Waals surface area contributed by atoms with E-state index in [0.29, 0.717) is 17.3 Å². The molecule has 35 heavy (non-hydrogen) atoms. The minimum Gasteiger partial charge on any atom is -0.437 e. The molecule has 0 fully saturated rings. The van der Waals surface area contributed by atoms with E-state index in [1.54, 1.807) is 18.2 Å². The molecule has 0 saturated carbocycles. The molecule has 4 aromatic carbocycles. The Morgan fingerprint density at radius 2 is 1.11 bits per heavy atom. The minimum absolute atomic E-state index is 0.292. The zero-order valence-corrected chi connectivity index (χ0v) is 18.6. The Kier molecular flexibility index (Phi) is 5.28. The van der Waals surface area contributed by atoms with Crippen molar-refractivity contribution >= 4 is 46.5 Å². The number of halogens is 1. The van der Waals surface area contributed by atoms with Gasteiger partial charge >= 0.3 is 0 Å². The lowest BCUT2D eigenvalue weighted by Gasteiger charge is -2.05. The monoisotopic (exact) mass is 458 g/mol. The molecule has 0 N–H and O–H groups in total. The second kappa shape index (κ2) is 8.88. The van der Waals surface area contributed by atoms with Gasteiger partial charge in [0.15, 0.2) is 11.2 Å². The SMILES string of the molecule is Fc1cc(/C=C/c2nc3ccccc3o2)ccc1-c1ccc(/C=C/c2nc3ccccc3o2)cc1. The minimum atomic E-state index is -0.292. The standard InChI is InChI=1S/C30H19FN2O2/c31-24-19-21(13-18-30-33-26-6-2-4-8-28(26)35-30)11-16-23(24)22-14-9-20(10-15-22)12-17-29-32-25-5-1-3-7-27(25)34-29/h1-19H/b17-12+,18-13+. The van der Waals surface area contributed by atoms with Crippen LogP contribution in [-0.4, -0.2) is 9.97 Å². The Bertz CT molecular complexity index is 1640. The summed E-state index contributed by atoms with van der Waals surface area (Å²) in [6.45, 7) is 0. The van der Waals surface area contributed by atoms with Crippen molar-refractivity contribution in [1.82, 2.24) is 9.97 Å². The second-order valence-electron chi connectivity index (χ2n) is 8.07. The van der Waals surface area contributed by atoms with Crippen molar-refractivity contribution in [3.05, 3.63) is 120 Å². The molecule has 2 aromatic heterocycles. The van der Waals surface area contributed by atoms with Crippen molar-refractivity contribution < 1.29 is 13.2 Å². The molecule has 2 heterocycles. The van der Waals surface area contributed by atoms with Crippen LogP contribution >= 0.6 is 0 Å². The van der Waals surface area contributed by atoms with Gasteiger partial charge in [-0.05, 0) is 59.2 Å². The van der Waals surface area contributed by atoms with E-state index in [2.05, 4.69) is 9.97 Å². The number of nitrogens with zero attached hydrogens (tertiary/aromatic N) is 2. The van der Waals surface area contributed by atoms with Crippen LogP contribution in [0.5, 0.6) is 0 Å². The van der Waals surface area contributed by atoms with Crippen LogP contribution in [0.4, 0.5) is 4.39 Å². The molecular weight excluding hydrogens is 439 g/mol. The quantitative estimate of drug-likeness (QED) is 0.262. The smallest absolute Gasteiger partial charge is 0.220 e. The van der Waals surface area contributed by atoms with Crippen LogP contribution < -0.4 is 0 Å². The first-order valence-electron chi connectivity index (χ1n) is 11.2. The number of hydrogen-bond acceptors (Lipinski definition) is 4. The predicted octanol–water partition coefficient (Wildman–Crippen LogP) is 8.12. The van der Waals surface area contributed by atoms with E-state index < -0.39 is 0 Å². The number of para-hydroxylation sites is 4. The van der Waals surface area contributed by atoms with Crippen LogP contribution in [0, 0.1) is 5.82 Å². The van der Waals surface area contributed by atoms with Crippen molar-refractivity contribution in [1.29, 1.82) is 0 Å². The third-order valence-corrected chi connectivity index (χ3v) is 5.67. The molecule has 0 amide bonds. The van der Waals surface area contributed by atoms with Crippen molar-refractivity contribution in [3.8, 4) is 11.1 Å². The normalized spacial score (nSPS) is 11.9. The molecule has 0 spiro atoms. The van der Waals surface area contributed by atoms with Crippen LogP contribution in [0.2, 0.25) is 0 Å². The zero-order valence-electron chi connectivity index (χ0n) is 18.6. The molecule has 0 aliphatic carbocycles. The topological polar surface area (TPSA) is 52.1 Å². The van der Waals surface area contributed by atoms with Crippen LogP contribution in [0.1, 0.15) is 22.9 Å². The summed E-state index contributed by atoms with van der Waals surface area (Å²) in [6, 6.07) is 28.1. The van der Waals surface area contributed by atoms with Crippen LogP contribution in [0.15, 0.2) is 99.8 Å². The van der Waals surface area contributed by atoms with Crippen molar-refractivity contribution in [2.75, 3.05) is 0 Å². The molecular formula is C30H19FN2O2. The number of oxazole rings is 2. The van der Waals surface area contributed by atoms with E-state index in [4.69, 9.17) is 8.83 Å². The van der Waals surface area contributed by atoms with Gasteiger partial charge in [0.1, 0.15) is 16.9 Å². The first kappa shape index (κ1) is 20.8. The van der Waals surface area contributed by atoms with Crippen molar-refractivity contribution in [2.45, 2.75) is 0 Å². The molecule has 0 bridgehead atoms. The Morgan fingerprint density at radius 1 is 0.571 bits per heavy atom. The number of aromatic nitrogens is 2. The van der Waals surface area contributed by atoms with Gasteiger partial charge in [0.2, 0.25) is 11.8 Å². The van der Waals surface area contributed by atoms with Gasteiger partial charge in [-0.1, -0.05) is 60.7 Å². The molecule has 6 aromatic rings. The summed E-state index contributed by atoms with van der Waals surface area (Å²) < 4.78 is 26.3. The summed E-state index contributed by atoms with van der Waals surface area (Å²) in [7, 11) is 0. The maximum absolute atomic E-state index is 14.9. The van der Waals surface area contributed by atoms with E-state index in [1.807, 2.05) is 91.0 Å². The fourth-order valence-corrected chi connectivity index (χ4v) is 3.90. The lowest BCUT2D eigenvalue weighted by molar-refractivity contribution is 0.589. The van der Waals surface area contributed by atoms with Gasteiger partial charge in [-0.2, -0.15) is 0 Å². The van der Waals surface area contributed by atoms with Gasteiger partial charge in [0.05, 0.1) is 0 Å². The average molecular weight is 458 g/mol. The molecule has 6 rings (SSSR count). The highest BCUT2D eigenvalue weighted by Crippen LogP contribution is 2.26. The molecule has 0 saturated heterocycles. The molecule has 0 atom stereocenters. The molecule has 0 radical (unpaired) electrons. The zero-order chi connectivity index (χ0) is 23.6. The Morgan fingerprint density at radius 3 is 1.69 bits per heavy atom. The molecule has 0 aliphatic heterocycles. The highest BCUT2D eigenvalue weighted by Gasteiger charge is 2.07. The number of fused-ring (bicyclic) bond motifs is 2. The molecule has 0 unspecified atom stereocenters. The summed E-state index contributed by atoms with van der Waals surface area (Å²) >= 11 is 0. The summed E-state index contributed by atoms with van der Waals surface area (Å²) in [6.07, 6.45) is 7.28. The van der Waals surface area contributed by atoms with Gasteiger partial charge in [-0.25, -0.2) is 14.4 Å². The Hall–Kier alpha value is -4.77. The molecule has 5 heteroatoms. The van der Waals surface area contributed by atoms with E-state index in [1.165, 1.54) is 6.07 Å². The van der Waals surface area contributed by atoms with Gasteiger partial charge in [0.25, 0.3) is 0 Å². The molecule has 168 valence electrons. The fraction of sp³-hybridized carbons (Fsp3) is 0. The first-order valence-corrected chi connectivity index (χ1v) is 11.2. The first-order chi connectivity index (χ1) is 17.2. The van der Waals surface area contributed by atoms with Crippen LogP contribution in [0.3, 0.4) is 0 Å². The molecule has 0 aliphatic rings. The Labute approximate surface area is 200 Å². The lowest BCUT2D eigenvalue weighted by atomic mass is 10.0. The Balaban J connectivity index is 1.17.